The van der Waals surface area contributed by atoms with E-state index in [0.29, 0.717) is 30.3 Å². The van der Waals surface area contributed by atoms with E-state index in [0.717, 1.165) is 40.9 Å². The zero-order chi connectivity index (χ0) is 26.3. The van der Waals surface area contributed by atoms with Crippen molar-refractivity contribution < 1.29 is 22.7 Å². The molecule has 2 aliphatic heterocycles. The Morgan fingerprint density at radius 3 is 2.41 bits per heavy atom. The number of sulfone groups is 1. The summed E-state index contributed by atoms with van der Waals surface area (Å²) in [5.74, 6) is 1.13. The van der Waals surface area contributed by atoms with E-state index in [1.165, 1.54) is 6.26 Å². The number of allylic oxidation sites excluding steroid dienone is 2. The number of hydrogen-bond donors (Lipinski definition) is 1. The fourth-order valence-corrected chi connectivity index (χ4v) is 6.15. The molecule has 1 amide bonds. The Hall–Kier alpha value is -3.10. The number of carbonyl (C=O) groups is 1. The van der Waals surface area contributed by atoms with Gasteiger partial charge in [-0.05, 0) is 72.7 Å². The van der Waals surface area contributed by atoms with Gasteiger partial charge in [-0.3, -0.25) is 4.79 Å². The molecule has 3 aliphatic rings. The number of hydrogen-bond acceptors (Lipinski definition) is 6. The van der Waals surface area contributed by atoms with Crippen LogP contribution in [0.5, 0.6) is 5.75 Å². The molecule has 2 aromatic carbocycles. The summed E-state index contributed by atoms with van der Waals surface area (Å²) in [4.78, 5) is 15.6. The molecule has 3 atom stereocenters. The van der Waals surface area contributed by atoms with Gasteiger partial charge in [0.2, 0.25) is 12.2 Å². The van der Waals surface area contributed by atoms with Crippen molar-refractivity contribution in [3.8, 4) is 16.9 Å². The Labute approximate surface area is 218 Å². The highest BCUT2D eigenvalue weighted by Crippen LogP contribution is 2.36. The molecule has 0 aromatic heterocycles. The molecule has 1 aliphatic carbocycles. The Bertz CT molecular complexity index is 1360. The number of carbonyl (C=O) groups excluding carboxylic acids is 1. The Balaban J connectivity index is 1.20. The molecule has 2 N–H and O–H groups in total. The van der Waals surface area contributed by atoms with E-state index in [-0.39, 0.29) is 30.0 Å². The van der Waals surface area contributed by atoms with Gasteiger partial charge in [-0.25, -0.2) is 8.42 Å². The molecule has 196 valence electrons. The van der Waals surface area contributed by atoms with Crippen molar-refractivity contribution in [1.82, 2.24) is 4.90 Å². The van der Waals surface area contributed by atoms with E-state index < -0.39 is 9.84 Å². The summed E-state index contributed by atoms with van der Waals surface area (Å²) in [6.07, 6.45) is 6.45. The van der Waals surface area contributed by atoms with Crippen molar-refractivity contribution in [1.29, 1.82) is 0 Å². The van der Waals surface area contributed by atoms with Crippen molar-refractivity contribution in [2.45, 2.75) is 44.5 Å². The lowest BCUT2D eigenvalue weighted by Crippen LogP contribution is -2.47. The van der Waals surface area contributed by atoms with Crippen LogP contribution in [0.4, 0.5) is 0 Å². The van der Waals surface area contributed by atoms with E-state index in [2.05, 4.69) is 6.92 Å². The van der Waals surface area contributed by atoms with Gasteiger partial charge in [-0.15, -0.1) is 0 Å². The first kappa shape index (κ1) is 25.5. The fraction of sp³-hybridized carbons (Fsp3) is 0.414. The molecule has 37 heavy (non-hydrogen) atoms. The second-order valence-corrected chi connectivity index (χ2v) is 12.4. The van der Waals surface area contributed by atoms with E-state index >= 15 is 0 Å². The molecule has 2 aromatic rings. The lowest BCUT2D eigenvalue weighted by Gasteiger charge is -2.39. The predicted octanol–water partition coefficient (Wildman–Crippen LogP) is 4.29. The number of fused-ring (bicyclic) bond motifs is 1. The number of piperidine rings is 1. The summed E-state index contributed by atoms with van der Waals surface area (Å²) in [5.41, 5.74) is 10.6. The van der Waals surface area contributed by atoms with Crippen LogP contribution in [0.3, 0.4) is 0 Å². The van der Waals surface area contributed by atoms with Gasteiger partial charge in [-0.1, -0.05) is 31.2 Å². The van der Waals surface area contributed by atoms with E-state index in [1.807, 2.05) is 54.3 Å². The monoisotopic (exact) mass is 522 g/mol. The summed E-state index contributed by atoms with van der Waals surface area (Å²) < 4.78 is 35.8. The molecule has 0 bridgehead atoms. The van der Waals surface area contributed by atoms with Crippen molar-refractivity contribution >= 4 is 15.7 Å². The topological polar surface area (TPSA) is 98.9 Å². The molecule has 5 rings (SSSR count). The van der Waals surface area contributed by atoms with Crippen molar-refractivity contribution in [3.63, 3.8) is 0 Å². The van der Waals surface area contributed by atoms with Crippen LogP contribution in [0.15, 0.2) is 70.8 Å². The molecular weight excluding hydrogens is 488 g/mol. The second-order valence-electron chi connectivity index (χ2n) is 10.4. The highest BCUT2D eigenvalue weighted by atomic mass is 32.2. The molecule has 8 heteroatoms. The molecule has 0 radical (unpaired) electrons. The third-order valence-corrected chi connectivity index (χ3v) is 8.98. The van der Waals surface area contributed by atoms with Gasteiger partial charge in [0.05, 0.1) is 17.4 Å². The van der Waals surface area contributed by atoms with E-state index in [4.69, 9.17) is 15.2 Å². The van der Waals surface area contributed by atoms with Gasteiger partial charge in [0, 0.05) is 36.5 Å². The summed E-state index contributed by atoms with van der Waals surface area (Å²) in [7, 11) is -3.23. The largest absolute Gasteiger partial charge is 0.464 e. The lowest BCUT2D eigenvalue weighted by atomic mass is 9.81. The van der Waals surface area contributed by atoms with Crippen LogP contribution in [0.1, 0.15) is 32.3 Å². The number of benzene rings is 2. The number of amides is 1. The van der Waals surface area contributed by atoms with Gasteiger partial charge in [0.15, 0.2) is 9.84 Å². The molecule has 0 spiro atoms. The maximum Gasteiger partial charge on any atom is 0.230 e. The third-order valence-electron chi connectivity index (χ3n) is 7.85. The maximum absolute atomic E-state index is 13.3. The summed E-state index contributed by atoms with van der Waals surface area (Å²) in [5, 5.41) is 0. The van der Waals surface area contributed by atoms with Crippen LogP contribution in [0, 0.1) is 17.8 Å². The normalized spacial score (nSPS) is 24.5. The fourth-order valence-electron chi connectivity index (χ4n) is 5.52. The van der Waals surface area contributed by atoms with Crippen molar-refractivity contribution in [2.75, 3.05) is 19.3 Å². The van der Waals surface area contributed by atoms with E-state index in [1.54, 1.807) is 12.1 Å². The molecule has 7 nitrogen and oxygen atoms in total. The third kappa shape index (κ3) is 5.18. The van der Waals surface area contributed by atoms with Crippen molar-refractivity contribution in [2.24, 2.45) is 23.5 Å². The van der Waals surface area contributed by atoms with Crippen LogP contribution in [0.25, 0.3) is 11.1 Å². The average molecular weight is 523 g/mol. The lowest BCUT2D eigenvalue weighted by molar-refractivity contribution is -0.156. The Morgan fingerprint density at radius 2 is 1.73 bits per heavy atom. The number of likely N-dealkylation sites (tertiary alicyclic amines) is 1. The van der Waals surface area contributed by atoms with Crippen LogP contribution < -0.4 is 10.5 Å². The first-order valence-electron chi connectivity index (χ1n) is 12.8. The minimum absolute atomic E-state index is 0.140. The second kappa shape index (κ2) is 9.99. The standard InChI is InChI=1S/C29H34N2O5S/c1-18-4-10-25(30)19(2)27(18)28(32)31-14-12-21(13-15-31)29-35-17-23-16-22(7-11-26(23)36-29)20-5-8-24(9-6-20)37(3,33)34/h4-11,16,18,21,27,29H,12-15,17,30H2,1-3H3. The molecule has 1 fully saturated rings. The van der Waals surface area contributed by atoms with Crippen LogP contribution in [-0.4, -0.2) is 44.9 Å². The van der Waals surface area contributed by atoms with Crippen LogP contribution >= 0.6 is 0 Å². The zero-order valence-corrected chi connectivity index (χ0v) is 22.3. The molecule has 2 heterocycles. The molecule has 1 saturated heterocycles. The highest BCUT2D eigenvalue weighted by molar-refractivity contribution is 7.90. The van der Waals surface area contributed by atoms with Crippen molar-refractivity contribution in [3.05, 3.63) is 71.5 Å². The molecule has 3 unspecified atom stereocenters. The van der Waals surface area contributed by atoms with E-state index in [9.17, 15) is 13.2 Å². The van der Waals surface area contributed by atoms with Crippen LogP contribution in [-0.2, 0) is 26.0 Å². The number of ether oxygens (including phenoxy) is 2. The SMILES string of the molecule is CC1=C(N)C=CC(C)C1C(=O)N1CCC(C2OCc3cc(-c4ccc(S(C)(=O)=O)cc4)ccc3O2)CC1. The number of nitrogens with zero attached hydrogens (tertiary/aromatic N) is 1. The summed E-state index contributed by atoms with van der Waals surface area (Å²) in [6.45, 7) is 5.84. The quantitative estimate of drug-likeness (QED) is 0.643. The minimum atomic E-state index is -3.23. The average Bonchev–Trinajstić information content (AvgIpc) is 2.90. The number of rotatable bonds is 4. The Morgan fingerprint density at radius 1 is 1.05 bits per heavy atom. The van der Waals surface area contributed by atoms with Gasteiger partial charge < -0.3 is 20.1 Å². The number of nitrogens with two attached hydrogens (primary N) is 1. The smallest absolute Gasteiger partial charge is 0.230 e. The summed E-state index contributed by atoms with van der Waals surface area (Å²) in [6, 6.07) is 12.9. The first-order valence-corrected chi connectivity index (χ1v) is 14.7. The van der Waals surface area contributed by atoms with Gasteiger partial charge in [0.1, 0.15) is 5.75 Å². The van der Waals surface area contributed by atoms with Gasteiger partial charge in [0.25, 0.3) is 0 Å². The molecular formula is C29H34N2O5S. The summed E-state index contributed by atoms with van der Waals surface area (Å²) >= 11 is 0. The van der Waals surface area contributed by atoms with Gasteiger partial charge >= 0.3 is 0 Å². The molecule has 0 saturated carbocycles. The highest BCUT2D eigenvalue weighted by Gasteiger charge is 2.37. The van der Waals surface area contributed by atoms with Crippen LogP contribution in [0.2, 0.25) is 0 Å². The van der Waals surface area contributed by atoms with Gasteiger partial charge in [-0.2, -0.15) is 0 Å². The zero-order valence-electron chi connectivity index (χ0n) is 21.5. The minimum Gasteiger partial charge on any atom is -0.464 e. The Kier molecular flexibility index (Phi) is 6.89. The maximum atomic E-state index is 13.3. The predicted molar refractivity (Wildman–Crippen MR) is 142 cm³/mol. The first-order chi connectivity index (χ1) is 17.6.